The number of amides is 1. The number of rotatable bonds is 6. The number of carbonyl (C=O) groups is 1. The van der Waals surface area contributed by atoms with Gasteiger partial charge in [-0.1, -0.05) is 6.07 Å². The summed E-state index contributed by atoms with van der Waals surface area (Å²) in [4.78, 5) is 12.3. The van der Waals surface area contributed by atoms with Crippen molar-refractivity contribution < 1.29 is 13.9 Å². The largest absolute Gasteiger partial charge is 0.496 e. The molecule has 27 heavy (non-hydrogen) atoms. The third kappa shape index (κ3) is 4.48. The standard InChI is InChI=1S/C18H17BrFN5O2/c1-11-22-23-24-25(11)16-10-13(5-6-15(16)20)21-18(26)8-4-12-3-7-17(27-2)14(19)9-12/h3,5-7,9-10H,4,8H2,1-2H3,(H,21,26). The zero-order valence-corrected chi connectivity index (χ0v) is 16.3. The van der Waals surface area contributed by atoms with Crippen molar-refractivity contribution in [1.82, 2.24) is 20.2 Å². The van der Waals surface area contributed by atoms with Gasteiger partial charge in [-0.25, -0.2) is 4.39 Å². The molecule has 9 heteroatoms. The second kappa shape index (κ2) is 8.26. The second-order valence-corrected chi connectivity index (χ2v) is 6.68. The number of nitrogens with zero attached hydrogens (tertiary/aromatic N) is 4. The SMILES string of the molecule is COc1ccc(CCC(=O)Nc2ccc(F)c(-n3nnnc3C)c2)cc1Br. The van der Waals surface area contributed by atoms with Gasteiger partial charge in [0.05, 0.1) is 11.6 Å². The molecule has 1 heterocycles. The number of nitrogens with one attached hydrogen (secondary N) is 1. The summed E-state index contributed by atoms with van der Waals surface area (Å²) in [6.45, 7) is 1.66. The first kappa shape index (κ1) is 19.0. The van der Waals surface area contributed by atoms with Crippen LogP contribution >= 0.6 is 15.9 Å². The van der Waals surface area contributed by atoms with Crippen molar-refractivity contribution >= 4 is 27.5 Å². The quantitative estimate of drug-likeness (QED) is 0.643. The maximum atomic E-state index is 14.1. The van der Waals surface area contributed by atoms with Gasteiger partial charge in [-0.15, -0.1) is 5.10 Å². The predicted molar refractivity (Wildman–Crippen MR) is 101 cm³/mol. The highest BCUT2D eigenvalue weighted by Gasteiger charge is 2.12. The Morgan fingerprint density at radius 1 is 1.30 bits per heavy atom. The van der Waals surface area contributed by atoms with Crippen LogP contribution in [0.5, 0.6) is 5.75 Å². The van der Waals surface area contributed by atoms with Crippen LogP contribution in [0, 0.1) is 12.7 Å². The molecule has 0 bridgehead atoms. The van der Waals surface area contributed by atoms with Crippen LogP contribution < -0.4 is 10.1 Å². The molecule has 1 amide bonds. The summed E-state index contributed by atoms with van der Waals surface area (Å²) >= 11 is 3.43. The molecule has 0 atom stereocenters. The molecule has 7 nitrogen and oxygen atoms in total. The average Bonchev–Trinajstić information content (AvgIpc) is 3.07. The molecule has 0 radical (unpaired) electrons. The van der Waals surface area contributed by atoms with E-state index in [9.17, 15) is 9.18 Å². The number of benzene rings is 2. The average molecular weight is 434 g/mol. The highest BCUT2D eigenvalue weighted by Crippen LogP contribution is 2.26. The number of tetrazole rings is 1. The van der Waals surface area contributed by atoms with Crippen LogP contribution in [0.1, 0.15) is 17.8 Å². The summed E-state index contributed by atoms with van der Waals surface area (Å²) < 4.78 is 21.4. The fourth-order valence-electron chi connectivity index (χ4n) is 2.55. The number of halogens is 2. The summed E-state index contributed by atoms with van der Waals surface area (Å²) in [6, 6.07) is 9.95. The summed E-state index contributed by atoms with van der Waals surface area (Å²) in [6.07, 6.45) is 0.851. The smallest absolute Gasteiger partial charge is 0.224 e. The molecular formula is C18H17BrFN5O2. The lowest BCUT2D eigenvalue weighted by molar-refractivity contribution is -0.116. The van der Waals surface area contributed by atoms with Gasteiger partial charge in [-0.05, 0) is 75.6 Å². The summed E-state index contributed by atoms with van der Waals surface area (Å²) in [5.41, 5.74) is 1.65. The molecule has 1 aromatic heterocycles. The van der Waals surface area contributed by atoms with E-state index in [0.29, 0.717) is 17.9 Å². The Balaban J connectivity index is 1.66. The number of aryl methyl sites for hydroxylation is 2. The first-order valence-corrected chi connectivity index (χ1v) is 8.94. The summed E-state index contributed by atoms with van der Waals surface area (Å²) in [7, 11) is 1.60. The van der Waals surface area contributed by atoms with Crippen molar-refractivity contribution in [3.05, 3.63) is 58.1 Å². The number of hydrogen-bond donors (Lipinski definition) is 1. The lowest BCUT2D eigenvalue weighted by atomic mass is 10.1. The number of methoxy groups -OCH3 is 1. The highest BCUT2D eigenvalue weighted by atomic mass is 79.9. The maximum absolute atomic E-state index is 14.1. The number of aromatic nitrogens is 4. The Hall–Kier alpha value is -2.81. The van der Waals surface area contributed by atoms with Crippen molar-refractivity contribution in [3.63, 3.8) is 0 Å². The van der Waals surface area contributed by atoms with Crippen molar-refractivity contribution in [1.29, 1.82) is 0 Å². The molecule has 2 aromatic carbocycles. The third-order valence-corrected chi connectivity index (χ3v) is 4.56. The Kier molecular flexibility index (Phi) is 5.80. The van der Waals surface area contributed by atoms with Gasteiger partial charge in [-0.3, -0.25) is 4.79 Å². The van der Waals surface area contributed by atoms with Crippen molar-refractivity contribution in [2.24, 2.45) is 0 Å². The molecule has 0 unspecified atom stereocenters. The van der Waals surface area contributed by atoms with E-state index < -0.39 is 5.82 Å². The molecule has 0 saturated carbocycles. The van der Waals surface area contributed by atoms with Crippen molar-refractivity contribution in [2.75, 3.05) is 12.4 Å². The molecule has 3 aromatic rings. The third-order valence-electron chi connectivity index (χ3n) is 3.94. The number of hydrogen-bond acceptors (Lipinski definition) is 5. The number of ether oxygens (including phenoxy) is 1. The Morgan fingerprint density at radius 2 is 2.11 bits per heavy atom. The van der Waals surface area contributed by atoms with Crippen molar-refractivity contribution in [3.8, 4) is 11.4 Å². The molecule has 140 valence electrons. The van der Waals surface area contributed by atoms with Crippen LogP contribution in [0.3, 0.4) is 0 Å². The highest BCUT2D eigenvalue weighted by molar-refractivity contribution is 9.10. The van der Waals surface area contributed by atoms with Crippen molar-refractivity contribution in [2.45, 2.75) is 19.8 Å². The van der Waals surface area contributed by atoms with Gasteiger partial charge in [0.2, 0.25) is 5.91 Å². The maximum Gasteiger partial charge on any atom is 0.224 e. The van der Waals surface area contributed by atoms with Crippen LogP contribution in [0.25, 0.3) is 5.69 Å². The van der Waals surface area contributed by atoms with E-state index in [4.69, 9.17) is 4.74 Å². The van der Waals surface area contributed by atoms with Crippen LogP contribution in [0.15, 0.2) is 40.9 Å². The molecule has 0 saturated heterocycles. The lowest BCUT2D eigenvalue weighted by Gasteiger charge is -2.09. The molecule has 3 rings (SSSR count). The molecule has 0 spiro atoms. The molecule has 0 aliphatic heterocycles. The van der Waals surface area contributed by atoms with E-state index in [-0.39, 0.29) is 18.0 Å². The normalized spacial score (nSPS) is 10.7. The lowest BCUT2D eigenvalue weighted by Crippen LogP contribution is -2.13. The first-order valence-electron chi connectivity index (χ1n) is 8.15. The van der Waals surface area contributed by atoms with E-state index >= 15 is 0 Å². The summed E-state index contributed by atoms with van der Waals surface area (Å²) in [5.74, 6) is 0.529. The van der Waals surface area contributed by atoms with Gasteiger partial charge in [0.25, 0.3) is 0 Å². The monoisotopic (exact) mass is 433 g/mol. The van der Waals surface area contributed by atoms with Gasteiger partial charge in [0.1, 0.15) is 17.3 Å². The fourth-order valence-corrected chi connectivity index (χ4v) is 3.14. The van der Waals surface area contributed by atoms with Gasteiger partial charge >= 0.3 is 0 Å². The van der Waals surface area contributed by atoms with Crippen LogP contribution in [-0.4, -0.2) is 33.2 Å². The topological polar surface area (TPSA) is 81.9 Å². The minimum absolute atomic E-state index is 0.173. The van der Waals surface area contributed by atoms with E-state index in [1.54, 1.807) is 14.0 Å². The second-order valence-electron chi connectivity index (χ2n) is 5.82. The minimum atomic E-state index is -0.480. The van der Waals surface area contributed by atoms with Gasteiger partial charge in [-0.2, -0.15) is 4.68 Å². The zero-order chi connectivity index (χ0) is 19.4. The van der Waals surface area contributed by atoms with Crippen LogP contribution in [0.4, 0.5) is 10.1 Å². The van der Waals surface area contributed by atoms with Gasteiger partial charge in [0.15, 0.2) is 5.82 Å². The first-order chi connectivity index (χ1) is 13.0. The Labute approximate surface area is 163 Å². The molecular weight excluding hydrogens is 417 g/mol. The minimum Gasteiger partial charge on any atom is -0.496 e. The zero-order valence-electron chi connectivity index (χ0n) is 14.7. The van der Waals surface area contributed by atoms with E-state index in [1.165, 1.54) is 22.9 Å². The summed E-state index contributed by atoms with van der Waals surface area (Å²) in [5, 5.41) is 13.8. The fraction of sp³-hybridized carbons (Fsp3) is 0.222. The Bertz CT molecular complexity index is 976. The van der Waals surface area contributed by atoms with Crippen LogP contribution in [0.2, 0.25) is 0 Å². The van der Waals surface area contributed by atoms with Gasteiger partial charge in [0, 0.05) is 12.1 Å². The van der Waals surface area contributed by atoms with E-state index in [1.807, 2.05) is 18.2 Å². The Morgan fingerprint density at radius 3 is 2.78 bits per heavy atom. The van der Waals surface area contributed by atoms with Crippen LogP contribution in [-0.2, 0) is 11.2 Å². The van der Waals surface area contributed by atoms with E-state index in [0.717, 1.165) is 15.8 Å². The van der Waals surface area contributed by atoms with Gasteiger partial charge < -0.3 is 10.1 Å². The number of anilines is 1. The molecule has 0 fully saturated rings. The molecule has 0 aliphatic carbocycles. The van der Waals surface area contributed by atoms with E-state index in [2.05, 4.69) is 36.8 Å². The molecule has 0 aliphatic rings. The predicted octanol–water partition coefficient (Wildman–Crippen LogP) is 3.45. The molecule has 1 N–H and O–H groups in total. The number of carbonyl (C=O) groups excluding carboxylic acids is 1.